The van der Waals surface area contributed by atoms with Crippen molar-refractivity contribution in [1.29, 1.82) is 0 Å². The highest BCUT2D eigenvalue weighted by Crippen LogP contribution is 2.56. The molecule has 0 N–H and O–H groups in total. The zero-order valence-electron chi connectivity index (χ0n) is 23.6. The quantitative estimate of drug-likeness (QED) is 0.145. The normalized spacial score (nSPS) is 12.9. The van der Waals surface area contributed by atoms with Gasteiger partial charge >= 0.3 is 0 Å². The molecule has 0 radical (unpaired) electrons. The van der Waals surface area contributed by atoms with E-state index >= 15 is 0 Å². The third-order valence-corrected chi connectivity index (χ3v) is 8.25. The average Bonchev–Trinajstić information content (AvgIpc) is 2.87. The van der Waals surface area contributed by atoms with Crippen LogP contribution in [-0.4, -0.2) is 16.6 Å². The Bertz CT molecular complexity index is 1220. The fraction of sp³-hybridized carbons (Fsp3) is 0.250. The molecule has 8 heteroatoms. The number of hydrogen-bond acceptors (Lipinski definition) is 2. The average molecular weight is 583 g/mol. The Hall–Kier alpha value is -3.05. The van der Waals surface area contributed by atoms with E-state index in [-0.39, 0.29) is 0 Å². The van der Waals surface area contributed by atoms with Gasteiger partial charge in [0.1, 0.15) is 34.5 Å². The molecule has 0 fully saturated rings. The highest BCUT2D eigenvalue weighted by atomic mass is 28.4. The summed E-state index contributed by atoms with van der Waals surface area (Å²) in [6, 6.07) is 23.8. The molecule has 0 unspecified atom stereocenters. The van der Waals surface area contributed by atoms with Crippen LogP contribution in [0.4, 0.5) is 17.6 Å². The first kappa shape index (κ1) is 29.9. The molecule has 0 bridgehead atoms. The van der Waals surface area contributed by atoms with E-state index in [1.807, 2.05) is 39.3 Å². The van der Waals surface area contributed by atoms with Gasteiger partial charge in [-0.05, 0) is 110 Å². The Morgan fingerprint density at radius 3 is 0.700 bits per heavy atom. The molecule has 40 heavy (non-hydrogen) atoms. The Morgan fingerprint density at radius 2 is 0.550 bits per heavy atom. The van der Waals surface area contributed by atoms with Crippen molar-refractivity contribution in [1.82, 2.24) is 0 Å². The topological polar surface area (TPSA) is 18.5 Å². The van der Waals surface area contributed by atoms with Crippen molar-refractivity contribution in [2.45, 2.75) is 50.5 Å². The van der Waals surface area contributed by atoms with Crippen molar-refractivity contribution in [2.75, 3.05) is 0 Å². The zero-order valence-corrected chi connectivity index (χ0v) is 25.6. The van der Waals surface area contributed by atoms with E-state index in [0.717, 1.165) is 0 Å². The van der Waals surface area contributed by atoms with Crippen molar-refractivity contribution < 1.29 is 26.4 Å². The smallest absolute Gasteiger partial charge is 0.185 e. The van der Waals surface area contributed by atoms with E-state index < -0.39 is 51.1 Å². The van der Waals surface area contributed by atoms with Crippen LogP contribution in [0, 0.1) is 23.3 Å². The van der Waals surface area contributed by atoms with Crippen molar-refractivity contribution in [3.8, 4) is 0 Å². The fourth-order valence-electron chi connectivity index (χ4n) is 5.18. The number of benzene rings is 4. The molecule has 0 saturated heterocycles. The van der Waals surface area contributed by atoms with E-state index in [1.165, 1.54) is 48.5 Å². The van der Waals surface area contributed by atoms with Gasteiger partial charge in [0, 0.05) is 0 Å². The Labute approximate surface area is 235 Å². The van der Waals surface area contributed by atoms with Crippen LogP contribution in [0.1, 0.15) is 22.3 Å². The molecule has 0 atom stereocenters. The summed E-state index contributed by atoms with van der Waals surface area (Å²) in [5, 5.41) is 0. The van der Waals surface area contributed by atoms with Crippen LogP contribution in [0.5, 0.6) is 0 Å². The highest BCUT2D eigenvalue weighted by molar-refractivity contribution is 6.70. The SMILES string of the molecule is C[Si](C)(C)OC(c1ccc(F)cc1)(c1ccc(F)cc1)C(O[Si](C)(C)C)(c1ccc(F)cc1)c1ccc(F)cc1. The molecule has 0 heterocycles. The Kier molecular flexibility index (Phi) is 8.29. The van der Waals surface area contributed by atoms with E-state index in [1.54, 1.807) is 48.5 Å². The number of rotatable bonds is 9. The van der Waals surface area contributed by atoms with Crippen LogP contribution in [0.15, 0.2) is 97.1 Å². The lowest BCUT2D eigenvalue weighted by Gasteiger charge is -2.55. The number of halogens is 4. The lowest BCUT2D eigenvalue weighted by Crippen LogP contribution is -2.60. The highest BCUT2D eigenvalue weighted by Gasteiger charge is 2.60. The minimum Gasteiger partial charge on any atom is -0.401 e. The minimum atomic E-state index is -2.56. The summed E-state index contributed by atoms with van der Waals surface area (Å²) in [5.74, 6) is -1.76. The number of hydrogen-bond donors (Lipinski definition) is 0. The lowest BCUT2D eigenvalue weighted by atomic mass is 9.66. The third-order valence-electron chi connectivity index (χ3n) is 6.42. The van der Waals surface area contributed by atoms with E-state index in [9.17, 15) is 17.6 Å². The van der Waals surface area contributed by atoms with Crippen molar-refractivity contribution >= 4 is 16.6 Å². The Balaban J connectivity index is 2.31. The molecular formula is C32H34F4O2Si2. The third kappa shape index (κ3) is 6.00. The second-order valence-electron chi connectivity index (χ2n) is 11.8. The van der Waals surface area contributed by atoms with Gasteiger partial charge < -0.3 is 8.85 Å². The predicted octanol–water partition coefficient (Wildman–Crippen LogP) is 9.13. The molecule has 4 aromatic rings. The largest absolute Gasteiger partial charge is 0.401 e. The van der Waals surface area contributed by atoms with Gasteiger partial charge in [-0.25, -0.2) is 17.6 Å². The Morgan fingerprint density at radius 1 is 0.375 bits per heavy atom. The first-order valence-electron chi connectivity index (χ1n) is 13.1. The summed E-state index contributed by atoms with van der Waals surface area (Å²) in [6.45, 7) is 12.1. The first-order chi connectivity index (χ1) is 18.7. The van der Waals surface area contributed by atoms with Crippen molar-refractivity contribution in [2.24, 2.45) is 0 Å². The van der Waals surface area contributed by atoms with Gasteiger partial charge in [-0.1, -0.05) is 48.5 Å². The van der Waals surface area contributed by atoms with E-state index in [4.69, 9.17) is 8.85 Å². The summed E-state index contributed by atoms with van der Waals surface area (Å²) in [4.78, 5) is 0. The van der Waals surface area contributed by atoms with Gasteiger partial charge in [0.05, 0.1) is 0 Å². The van der Waals surface area contributed by atoms with Crippen LogP contribution in [-0.2, 0) is 20.1 Å². The standard InChI is InChI=1S/C32H34F4O2Si2/c1-39(2,3)37-31(23-7-15-27(33)16-8-23,24-9-17-28(34)18-10-24)32(38-40(4,5)6,25-11-19-29(35)20-12-25)26-13-21-30(36)22-14-26/h7-22H,1-6H3. The summed E-state index contributed by atoms with van der Waals surface area (Å²) >= 11 is 0. The second-order valence-corrected chi connectivity index (χ2v) is 20.7. The van der Waals surface area contributed by atoms with E-state index in [0.29, 0.717) is 22.3 Å². The maximum atomic E-state index is 14.4. The molecule has 0 aliphatic heterocycles. The summed E-state index contributed by atoms with van der Waals surface area (Å²) in [7, 11) is -5.12. The molecule has 4 aromatic carbocycles. The molecule has 210 valence electrons. The molecule has 2 nitrogen and oxygen atoms in total. The van der Waals surface area contributed by atoms with Gasteiger partial charge in [0.25, 0.3) is 0 Å². The zero-order chi connectivity index (χ0) is 29.3. The van der Waals surface area contributed by atoms with Gasteiger partial charge in [-0.15, -0.1) is 0 Å². The monoisotopic (exact) mass is 582 g/mol. The molecular weight excluding hydrogens is 549 g/mol. The van der Waals surface area contributed by atoms with Gasteiger partial charge in [0.2, 0.25) is 0 Å². The van der Waals surface area contributed by atoms with Gasteiger partial charge in [-0.3, -0.25) is 0 Å². The van der Waals surface area contributed by atoms with Gasteiger partial charge in [0.15, 0.2) is 16.6 Å². The molecule has 4 rings (SSSR count). The molecule has 0 aliphatic carbocycles. The van der Waals surface area contributed by atoms with E-state index in [2.05, 4.69) is 0 Å². The molecule has 0 spiro atoms. The van der Waals surface area contributed by atoms with Crippen LogP contribution >= 0.6 is 0 Å². The molecule has 0 aromatic heterocycles. The first-order valence-corrected chi connectivity index (χ1v) is 19.9. The van der Waals surface area contributed by atoms with Crippen molar-refractivity contribution in [3.63, 3.8) is 0 Å². The predicted molar refractivity (Wildman–Crippen MR) is 156 cm³/mol. The van der Waals surface area contributed by atoms with Crippen LogP contribution in [0.2, 0.25) is 39.3 Å². The summed E-state index contributed by atoms with van der Waals surface area (Å²) in [5.41, 5.74) is -0.863. The fourth-order valence-corrected chi connectivity index (χ4v) is 7.78. The van der Waals surface area contributed by atoms with Crippen LogP contribution < -0.4 is 0 Å². The van der Waals surface area contributed by atoms with Crippen molar-refractivity contribution in [3.05, 3.63) is 143 Å². The molecule has 0 aliphatic rings. The van der Waals surface area contributed by atoms with Gasteiger partial charge in [-0.2, -0.15) is 0 Å². The second kappa shape index (κ2) is 11.1. The minimum absolute atomic E-state index is 0.440. The van der Waals surface area contributed by atoms with Crippen LogP contribution in [0.3, 0.4) is 0 Å². The molecule has 0 saturated carbocycles. The van der Waals surface area contributed by atoms with Crippen LogP contribution in [0.25, 0.3) is 0 Å². The molecule has 0 amide bonds. The maximum Gasteiger partial charge on any atom is 0.185 e. The summed E-state index contributed by atoms with van der Waals surface area (Å²) in [6.07, 6.45) is 0. The lowest BCUT2D eigenvalue weighted by molar-refractivity contribution is -0.0881. The maximum absolute atomic E-state index is 14.4. The summed E-state index contributed by atoms with van der Waals surface area (Å²) < 4.78 is 72.0.